The van der Waals surface area contributed by atoms with Gasteiger partial charge in [0.15, 0.2) is 5.82 Å². The van der Waals surface area contributed by atoms with Gasteiger partial charge in [-0.25, -0.2) is 0 Å². The van der Waals surface area contributed by atoms with Crippen molar-refractivity contribution < 1.29 is 9.26 Å². The zero-order valence-electron chi connectivity index (χ0n) is 12.1. The van der Waals surface area contributed by atoms with E-state index in [1.165, 1.54) is 19.3 Å². The topological polar surface area (TPSA) is 77.4 Å². The number of rotatable bonds is 4. The zero-order chi connectivity index (χ0) is 13.9. The number of aromatic nitrogens is 2. The van der Waals surface area contributed by atoms with E-state index in [9.17, 15) is 0 Å². The quantitative estimate of drug-likeness (QED) is 0.899. The average molecular weight is 280 g/mol. The Morgan fingerprint density at radius 3 is 2.85 bits per heavy atom. The molecule has 0 aromatic carbocycles. The average Bonchev–Trinajstić information content (AvgIpc) is 3.08. The predicted molar refractivity (Wildman–Crippen MR) is 74.3 cm³/mol. The van der Waals surface area contributed by atoms with Gasteiger partial charge in [-0.05, 0) is 39.3 Å². The molecule has 1 aromatic heterocycles. The van der Waals surface area contributed by atoms with Gasteiger partial charge in [-0.3, -0.25) is 0 Å². The molecule has 0 amide bonds. The molecule has 112 valence electrons. The molecule has 0 aliphatic carbocycles. The molecule has 2 saturated heterocycles. The molecule has 0 bridgehead atoms. The van der Waals surface area contributed by atoms with Gasteiger partial charge in [0, 0.05) is 6.54 Å². The molecule has 2 N–H and O–H groups in total. The molecule has 2 fully saturated rings. The Balaban J connectivity index is 1.58. The number of likely N-dealkylation sites (tertiary alicyclic amines) is 1. The highest BCUT2D eigenvalue weighted by Crippen LogP contribution is 2.28. The van der Waals surface area contributed by atoms with Crippen LogP contribution in [-0.4, -0.2) is 47.4 Å². The summed E-state index contributed by atoms with van der Waals surface area (Å²) in [4.78, 5) is 6.88. The molecule has 3 unspecified atom stereocenters. The first-order valence-corrected chi connectivity index (χ1v) is 7.65. The number of hydrogen-bond donors (Lipinski definition) is 1. The first-order valence-electron chi connectivity index (χ1n) is 7.65. The Hall–Kier alpha value is -0.980. The molecule has 2 aliphatic heterocycles. The highest BCUT2D eigenvalue weighted by Gasteiger charge is 2.29. The summed E-state index contributed by atoms with van der Waals surface area (Å²) in [6.07, 6.45) is 5.08. The third-order valence-electron chi connectivity index (χ3n) is 4.24. The van der Waals surface area contributed by atoms with E-state index in [-0.39, 0.29) is 18.1 Å². The second-order valence-electron chi connectivity index (χ2n) is 6.04. The lowest BCUT2D eigenvalue weighted by atomic mass is 10.1. The van der Waals surface area contributed by atoms with Crippen molar-refractivity contribution in [3.8, 4) is 0 Å². The van der Waals surface area contributed by atoms with Crippen LogP contribution in [0.4, 0.5) is 0 Å². The van der Waals surface area contributed by atoms with Crippen molar-refractivity contribution in [1.82, 2.24) is 15.0 Å². The monoisotopic (exact) mass is 280 g/mol. The Labute approximate surface area is 119 Å². The van der Waals surface area contributed by atoms with Gasteiger partial charge in [0.25, 0.3) is 0 Å². The maximum atomic E-state index is 6.21. The number of ether oxygens (including phenoxy) is 1. The van der Waals surface area contributed by atoms with Crippen LogP contribution in [0.1, 0.15) is 56.3 Å². The lowest BCUT2D eigenvalue weighted by Crippen LogP contribution is -2.36. The van der Waals surface area contributed by atoms with Crippen LogP contribution in [-0.2, 0) is 4.74 Å². The largest absolute Gasteiger partial charge is 0.378 e. The standard InChI is InChI=1S/C14H24N4O2/c1-10-7-11(9-19-10)14-16-13(17-20-14)12(15)8-18-5-3-2-4-6-18/h10-12H,2-9,15H2,1H3. The second-order valence-corrected chi connectivity index (χ2v) is 6.04. The van der Waals surface area contributed by atoms with Crippen LogP contribution in [0.3, 0.4) is 0 Å². The van der Waals surface area contributed by atoms with Crippen LogP contribution < -0.4 is 5.73 Å². The number of hydrogen-bond acceptors (Lipinski definition) is 6. The molecule has 0 radical (unpaired) electrons. The predicted octanol–water partition coefficient (Wildman–Crippen LogP) is 1.45. The molecule has 3 atom stereocenters. The summed E-state index contributed by atoms with van der Waals surface area (Å²) in [6.45, 7) is 5.82. The maximum absolute atomic E-state index is 6.21. The number of piperidine rings is 1. The second kappa shape index (κ2) is 6.20. The van der Waals surface area contributed by atoms with Crippen molar-refractivity contribution in [1.29, 1.82) is 0 Å². The van der Waals surface area contributed by atoms with E-state index in [4.69, 9.17) is 15.0 Å². The van der Waals surface area contributed by atoms with Gasteiger partial charge < -0.3 is 19.9 Å². The molecule has 20 heavy (non-hydrogen) atoms. The Kier molecular flexibility index (Phi) is 4.33. The number of nitrogens with two attached hydrogens (primary N) is 1. The molecule has 3 heterocycles. The van der Waals surface area contributed by atoms with Gasteiger partial charge in [0.1, 0.15) is 0 Å². The highest BCUT2D eigenvalue weighted by molar-refractivity contribution is 5.00. The zero-order valence-corrected chi connectivity index (χ0v) is 12.1. The smallest absolute Gasteiger partial charge is 0.232 e. The fraction of sp³-hybridized carbons (Fsp3) is 0.857. The van der Waals surface area contributed by atoms with Gasteiger partial charge in [0.05, 0.1) is 24.7 Å². The summed E-state index contributed by atoms with van der Waals surface area (Å²) < 4.78 is 10.9. The van der Waals surface area contributed by atoms with Crippen molar-refractivity contribution in [3.63, 3.8) is 0 Å². The Morgan fingerprint density at radius 2 is 2.15 bits per heavy atom. The molecule has 6 heteroatoms. The minimum atomic E-state index is -0.162. The molecular formula is C14H24N4O2. The third-order valence-corrected chi connectivity index (χ3v) is 4.24. The van der Waals surface area contributed by atoms with E-state index in [0.717, 1.165) is 26.1 Å². The lowest BCUT2D eigenvalue weighted by Gasteiger charge is -2.27. The molecule has 0 saturated carbocycles. The van der Waals surface area contributed by atoms with Gasteiger partial charge >= 0.3 is 0 Å². The van der Waals surface area contributed by atoms with E-state index < -0.39 is 0 Å². The van der Waals surface area contributed by atoms with Crippen molar-refractivity contribution in [3.05, 3.63) is 11.7 Å². The third kappa shape index (κ3) is 3.19. The summed E-state index contributed by atoms with van der Waals surface area (Å²) >= 11 is 0. The summed E-state index contributed by atoms with van der Waals surface area (Å²) in [5, 5.41) is 4.06. The fourth-order valence-electron chi connectivity index (χ4n) is 3.05. The van der Waals surface area contributed by atoms with E-state index in [1.54, 1.807) is 0 Å². The first-order chi connectivity index (χ1) is 9.72. The van der Waals surface area contributed by atoms with Crippen LogP contribution in [0.5, 0.6) is 0 Å². The van der Waals surface area contributed by atoms with E-state index >= 15 is 0 Å². The van der Waals surface area contributed by atoms with Crippen LogP contribution in [0, 0.1) is 0 Å². The summed E-state index contributed by atoms with van der Waals surface area (Å²) in [6, 6.07) is -0.162. The summed E-state index contributed by atoms with van der Waals surface area (Å²) in [5.74, 6) is 1.54. The highest BCUT2D eigenvalue weighted by atomic mass is 16.5. The van der Waals surface area contributed by atoms with Gasteiger partial charge in [0.2, 0.25) is 5.89 Å². The molecular weight excluding hydrogens is 256 g/mol. The van der Waals surface area contributed by atoms with E-state index in [0.29, 0.717) is 18.3 Å². The minimum absolute atomic E-state index is 0.162. The molecule has 2 aliphatic rings. The van der Waals surface area contributed by atoms with Crippen LogP contribution in [0.25, 0.3) is 0 Å². The summed E-state index contributed by atoms with van der Waals surface area (Å²) in [7, 11) is 0. The molecule has 0 spiro atoms. The number of nitrogens with zero attached hydrogens (tertiary/aromatic N) is 3. The van der Waals surface area contributed by atoms with Crippen molar-refractivity contribution in [2.75, 3.05) is 26.2 Å². The van der Waals surface area contributed by atoms with Gasteiger partial charge in [-0.15, -0.1) is 0 Å². The first kappa shape index (κ1) is 14.0. The van der Waals surface area contributed by atoms with Gasteiger partial charge in [-0.1, -0.05) is 11.6 Å². The molecule has 1 aromatic rings. The van der Waals surface area contributed by atoms with Crippen LogP contribution in [0.2, 0.25) is 0 Å². The fourth-order valence-corrected chi connectivity index (χ4v) is 3.05. The molecule has 6 nitrogen and oxygen atoms in total. The van der Waals surface area contributed by atoms with Gasteiger partial charge in [-0.2, -0.15) is 4.98 Å². The van der Waals surface area contributed by atoms with E-state index in [1.807, 2.05) is 0 Å². The summed E-state index contributed by atoms with van der Waals surface area (Å²) in [5.41, 5.74) is 6.21. The SMILES string of the molecule is CC1CC(c2nc(C(N)CN3CCCCC3)no2)CO1. The van der Waals surface area contributed by atoms with Crippen LogP contribution >= 0.6 is 0 Å². The van der Waals surface area contributed by atoms with Crippen molar-refractivity contribution >= 4 is 0 Å². The van der Waals surface area contributed by atoms with E-state index in [2.05, 4.69) is 22.0 Å². The maximum Gasteiger partial charge on any atom is 0.232 e. The lowest BCUT2D eigenvalue weighted by molar-refractivity contribution is 0.122. The minimum Gasteiger partial charge on any atom is -0.378 e. The normalized spacial score (nSPS) is 29.7. The Morgan fingerprint density at radius 1 is 1.35 bits per heavy atom. The van der Waals surface area contributed by atoms with Crippen molar-refractivity contribution in [2.24, 2.45) is 5.73 Å². The molecule has 3 rings (SSSR count). The Bertz CT molecular complexity index is 431. The van der Waals surface area contributed by atoms with Crippen molar-refractivity contribution in [2.45, 2.75) is 50.7 Å². The van der Waals surface area contributed by atoms with Crippen LogP contribution in [0.15, 0.2) is 4.52 Å².